The zero-order valence-corrected chi connectivity index (χ0v) is 16.7. The number of methoxy groups -OCH3 is 1. The first-order valence-corrected chi connectivity index (χ1v) is 9.39. The van der Waals surface area contributed by atoms with E-state index in [-0.39, 0.29) is 23.1 Å². The summed E-state index contributed by atoms with van der Waals surface area (Å²) in [6.07, 6.45) is 1.19. The molecule has 1 aliphatic heterocycles. The van der Waals surface area contributed by atoms with Gasteiger partial charge in [0.1, 0.15) is 11.7 Å². The predicted octanol–water partition coefficient (Wildman–Crippen LogP) is 4.08. The first kappa shape index (κ1) is 19.3. The van der Waals surface area contributed by atoms with Crippen molar-refractivity contribution < 1.29 is 19.1 Å². The van der Waals surface area contributed by atoms with E-state index in [1.165, 1.54) is 0 Å². The summed E-state index contributed by atoms with van der Waals surface area (Å²) in [6, 6.07) is 7.56. The van der Waals surface area contributed by atoms with Gasteiger partial charge in [-0.3, -0.25) is 14.6 Å². The lowest BCUT2D eigenvalue weighted by Gasteiger charge is -2.39. The number of ketones is 1. The third-order valence-corrected chi connectivity index (χ3v) is 5.32. The van der Waals surface area contributed by atoms with E-state index in [0.29, 0.717) is 24.3 Å². The van der Waals surface area contributed by atoms with Gasteiger partial charge in [0.25, 0.3) is 0 Å². The molecule has 2 atom stereocenters. The highest BCUT2D eigenvalue weighted by atomic mass is 16.5. The summed E-state index contributed by atoms with van der Waals surface area (Å²) in [7, 11) is 1.61. The maximum atomic E-state index is 13.1. The van der Waals surface area contributed by atoms with Gasteiger partial charge in [0.15, 0.2) is 5.78 Å². The Morgan fingerprint density at radius 3 is 2.48 bits per heavy atom. The van der Waals surface area contributed by atoms with Gasteiger partial charge in [-0.2, -0.15) is 0 Å². The molecular formula is C22H27NO4. The second-order valence-electron chi connectivity index (χ2n) is 8.04. The molecule has 0 bridgehead atoms. The Bertz CT molecular complexity index is 817. The van der Waals surface area contributed by atoms with Gasteiger partial charge in [-0.15, -0.1) is 0 Å². The molecule has 2 aliphatic rings. The maximum absolute atomic E-state index is 13.1. The molecule has 1 heterocycles. The number of benzene rings is 1. The predicted molar refractivity (Wildman–Crippen MR) is 104 cm³/mol. The summed E-state index contributed by atoms with van der Waals surface area (Å²) in [5.74, 6) is -0.470. The Morgan fingerprint density at radius 1 is 1.22 bits per heavy atom. The van der Waals surface area contributed by atoms with Crippen molar-refractivity contribution in [3.63, 3.8) is 0 Å². The Kier molecular flexibility index (Phi) is 5.22. The quantitative estimate of drug-likeness (QED) is 0.750. The summed E-state index contributed by atoms with van der Waals surface area (Å²) >= 11 is 0. The van der Waals surface area contributed by atoms with Gasteiger partial charge >= 0.3 is 5.97 Å². The molecule has 0 radical (unpaired) electrons. The molecule has 0 aromatic heterocycles. The van der Waals surface area contributed by atoms with Gasteiger partial charge in [0, 0.05) is 29.3 Å². The highest BCUT2D eigenvalue weighted by Crippen LogP contribution is 2.48. The normalized spacial score (nSPS) is 24.2. The van der Waals surface area contributed by atoms with Crippen molar-refractivity contribution in [2.45, 2.75) is 46.5 Å². The second-order valence-corrected chi connectivity index (χ2v) is 8.04. The van der Waals surface area contributed by atoms with Crippen molar-refractivity contribution >= 4 is 17.5 Å². The van der Waals surface area contributed by atoms with Gasteiger partial charge in [0.05, 0.1) is 13.7 Å². The molecule has 5 nitrogen and oxygen atoms in total. The highest BCUT2D eigenvalue weighted by Gasteiger charge is 2.45. The standard InChI is InChI=1S/C22H27NO4/c1-6-27-21(25)18-13(2)23-16-11-22(3,4)12-17(24)20(16)19(18)14-7-9-15(26-5)10-8-14/h7-10,18-19H,6,11-12H2,1-5H3/t18?,19-/m0/s1. The number of esters is 1. The number of hydrogen-bond donors (Lipinski definition) is 0. The third kappa shape index (κ3) is 3.68. The fraction of sp³-hybridized carbons (Fsp3) is 0.500. The van der Waals surface area contributed by atoms with E-state index in [4.69, 9.17) is 14.5 Å². The van der Waals surface area contributed by atoms with Crippen LogP contribution in [0.1, 0.15) is 52.0 Å². The molecule has 0 saturated carbocycles. The van der Waals surface area contributed by atoms with E-state index in [1.807, 2.05) is 31.2 Å². The van der Waals surface area contributed by atoms with E-state index in [0.717, 1.165) is 23.4 Å². The van der Waals surface area contributed by atoms with Crippen LogP contribution in [0.5, 0.6) is 5.75 Å². The molecule has 0 N–H and O–H groups in total. The molecule has 1 aliphatic carbocycles. The number of hydrogen-bond acceptors (Lipinski definition) is 5. The molecule has 144 valence electrons. The van der Waals surface area contributed by atoms with Gasteiger partial charge in [-0.05, 0) is 43.4 Å². The smallest absolute Gasteiger partial charge is 0.315 e. The zero-order chi connectivity index (χ0) is 19.8. The average molecular weight is 369 g/mol. The fourth-order valence-corrected chi connectivity index (χ4v) is 4.15. The zero-order valence-electron chi connectivity index (χ0n) is 16.7. The first-order valence-electron chi connectivity index (χ1n) is 9.39. The van der Waals surface area contributed by atoms with Crippen LogP contribution in [0.25, 0.3) is 0 Å². The van der Waals surface area contributed by atoms with Crippen LogP contribution in [0.15, 0.2) is 40.5 Å². The van der Waals surface area contributed by atoms with Gasteiger partial charge in [-0.25, -0.2) is 0 Å². The lowest BCUT2D eigenvalue weighted by atomic mass is 9.67. The SMILES string of the molecule is CCOC(=O)C1C(C)=NC2=C(C(=O)CC(C)(C)C2)[C@H]1c1ccc(OC)cc1. The molecular weight excluding hydrogens is 342 g/mol. The number of carbonyl (C=O) groups is 2. The molecule has 0 fully saturated rings. The van der Waals surface area contributed by atoms with Crippen LogP contribution >= 0.6 is 0 Å². The Balaban J connectivity index is 2.14. The Hall–Kier alpha value is -2.43. The minimum absolute atomic E-state index is 0.0765. The van der Waals surface area contributed by atoms with Gasteiger partial charge in [0.2, 0.25) is 0 Å². The number of allylic oxidation sites excluding steroid dienone is 2. The number of ether oxygens (including phenoxy) is 2. The second kappa shape index (κ2) is 7.29. The molecule has 5 heteroatoms. The fourth-order valence-electron chi connectivity index (χ4n) is 4.15. The van der Waals surface area contributed by atoms with Crippen LogP contribution < -0.4 is 4.74 Å². The summed E-state index contributed by atoms with van der Waals surface area (Å²) < 4.78 is 10.6. The molecule has 0 amide bonds. The number of nitrogens with zero attached hydrogens (tertiary/aromatic N) is 1. The van der Waals surface area contributed by atoms with E-state index in [2.05, 4.69) is 13.8 Å². The molecule has 1 aromatic rings. The van der Waals surface area contributed by atoms with Crippen molar-refractivity contribution in [3.8, 4) is 5.75 Å². The van der Waals surface area contributed by atoms with Crippen molar-refractivity contribution in [2.24, 2.45) is 16.3 Å². The van der Waals surface area contributed by atoms with E-state index in [9.17, 15) is 9.59 Å². The van der Waals surface area contributed by atoms with Crippen LogP contribution in [0, 0.1) is 11.3 Å². The lowest BCUT2D eigenvalue weighted by Crippen LogP contribution is -2.39. The average Bonchev–Trinajstić information content (AvgIpc) is 2.59. The molecule has 1 aromatic carbocycles. The molecule has 0 spiro atoms. The van der Waals surface area contributed by atoms with Crippen LogP contribution in [0.4, 0.5) is 0 Å². The largest absolute Gasteiger partial charge is 0.497 e. The van der Waals surface area contributed by atoms with E-state index in [1.54, 1.807) is 14.0 Å². The summed E-state index contributed by atoms with van der Waals surface area (Å²) in [5.41, 5.74) is 2.97. The Morgan fingerprint density at radius 2 is 1.89 bits per heavy atom. The van der Waals surface area contributed by atoms with Crippen molar-refractivity contribution in [2.75, 3.05) is 13.7 Å². The summed E-state index contributed by atoms with van der Waals surface area (Å²) in [6.45, 7) is 8.10. The first-order chi connectivity index (χ1) is 12.8. The molecule has 3 rings (SSSR count). The van der Waals surface area contributed by atoms with Crippen molar-refractivity contribution in [1.82, 2.24) is 0 Å². The third-order valence-electron chi connectivity index (χ3n) is 5.32. The monoisotopic (exact) mass is 369 g/mol. The van der Waals surface area contributed by atoms with Gasteiger partial charge < -0.3 is 9.47 Å². The van der Waals surface area contributed by atoms with E-state index < -0.39 is 5.92 Å². The van der Waals surface area contributed by atoms with Crippen molar-refractivity contribution in [3.05, 3.63) is 41.1 Å². The van der Waals surface area contributed by atoms with Crippen LogP contribution in [0.3, 0.4) is 0 Å². The highest BCUT2D eigenvalue weighted by molar-refractivity contribution is 6.09. The minimum atomic E-state index is -0.581. The summed E-state index contributed by atoms with van der Waals surface area (Å²) in [5, 5.41) is 0. The Labute approximate surface area is 160 Å². The molecule has 0 saturated heterocycles. The number of aliphatic imine (C=N–C) groups is 1. The minimum Gasteiger partial charge on any atom is -0.497 e. The van der Waals surface area contributed by atoms with E-state index >= 15 is 0 Å². The summed E-state index contributed by atoms with van der Waals surface area (Å²) in [4.78, 5) is 30.5. The van der Waals surface area contributed by atoms with Crippen LogP contribution in [-0.2, 0) is 14.3 Å². The topological polar surface area (TPSA) is 65.0 Å². The number of carbonyl (C=O) groups excluding carboxylic acids is 2. The molecule has 1 unspecified atom stereocenters. The van der Waals surface area contributed by atoms with Crippen LogP contribution in [0.2, 0.25) is 0 Å². The number of rotatable bonds is 4. The number of Topliss-reactive ketones (excluding diaryl/α,β-unsaturated/α-hetero) is 1. The van der Waals surface area contributed by atoms with Gasteiger partial charge in [-0.1, -0.05) is 26.0 Å². The maximum Gasteiger partial charge on any atom is 0.315 e. The lowest BCUT2D eigenvalue weighted by molar-refractivity contribution is -0.146. The van der Waals surface area contributed by atoms with Crippen LogP contribution in [-0.4, -0.2) is 31.2 Å². The van der Waals surface area contributed by atoms with Crippen molar-refractivity contribution in [1.29, 1.82) is 0 Å². The molecule has 27 heavy (non-hydrogen) atoms.